The minimum Gasteiger partial charge on any atom is -0.422 e. The Morgan fingerprint density at radius 3 is 1.84 bits per heavy atom. The first kappa shape index (κ1) is 15.7. The molecule has 0 unspecified atom stereocenters. The van der Waals surface area contributed by atoms with Gasteiger partial charge in [-0.2, -0.15) is 0 Å². The van der Waals surface area contributed by atoms with Crippen LogP contribution in [0.1, 0.15) is 26.3 Å². The van der Waals surface area contributed by atoms with Crippen LogP contribution in [-0.4, -0.2) is 17.6 Å². The zero-order valence-electron chi connectivity index (χ0n) is 12.1. The van der Waals surface area contributed by atoms with Gasteiger partial charge in [-0.05, 0) is 22.1 Å². The molecule has 0 heterocycles. The smallest absolute Gasteiger partial charge is 0.245 e. The minimum atomic E-state index is 0.187. The molecule has 0 saturated carbocycles. The van der Waals surface area contributed by atoms with Gasteiger partial charge in [0.1, 0.15) is 0 Å². The molecule has 2 aromatic rings. The maximum Gasteiger partial charge on any atom is 0.245 e. The van der Waals surface area contributed by atoms with E-state index in [0.717, 1.165) is 0 Å². The maximum atomic E-state index is 4.06. The lowest BCUT2D eigenvalue weighted by Crippen LogP contribution is -2.12. The van der Waals surface area contributed by atoms with Gasteiger partial charge in [0.2, 0.25) is 10.5 Å². The molecule has 2 aromatic carbocycles. The number of rotatable bonds is 1. The first-order chi connectivity index (χ1) is 9.00. The molecule has 0 N–H and O–H groups in total. The number of hydrogen-bond acceptors (Lipinski definition) is 1. The van der Waals surface area contributed by atoms with Crippen molar-refractivity contribution in [2.75, 3.05) is 7.11 Å². The van der Waals surface area contributed by atoms with Crippen LogP contribution in [0, 0.1) is 0 Å². The summed E-state index contributed by atoms with van der Waals surface area (Å²) in [5.41, 5.74) is 4.23. The average molecular weight is 269 g/mol. The molecule has 0 saturated heterocycles. The summed E-state index contributed by atoms with van der Waals surface area (Å²) in [6, 6.07) is 19.2. The predicted molar refractivity (Wildman–Crippen MR) is 83.3 cm³/mol. The van der Waals surface area contributed by atoms with Gasteiger partial charge in [0, 0.05) is 7.11 Å². The van der Waals surface area contributed by atoms with Gasteiger partial charge in [0.15, 0.2) is 0 Å². The number of hydrogen-bond donors (Lipinski definition) is 0. The molecule has 19 heavy (non-hydrogen) atoms. The predicted octanol–water partition coefficient (Wildman–Crippen LogP) is 4.37. The first-order valence-electron chi connectivity index (χ1n) is 6.35. The Morgan fingerprint density at radius 2 is 1.32 bits per heavy atom. The van der Waals surface area contributed by atoms with Gasteiger partial charge in [-0.15, -0.1) is 0 Å². The minimum absolute atomic E-state index is 0.187. The molecule has 1 nitrogen and oxygen atoms in total. The lowest BCUT2D eigenvalue weighted by Gasteiger charge is -2.23. The standard InChI is InChI=1S/C16H18.CH3OSi/c1-16(2,3)15-12-8-7-11-14(15)13-9-5-4-6-10-13;1-2-3/h4-12H,1-3H3;1H3. The van der Waals surface area contributed by atoms with Crippen LogP contribution in [0.4, 0.5) is 0 Å². The molecule has 0 aliphatic rings. The van der Waals surface area contributed by atoms with Crippen molar-refractivity contribution in [3.63, 3.8) is 0 Å². The van der Waals surface area contributed by atoms with Gasteiger partial charge >= 0.3 is 0 Å². The van der Waals surface area contributed by atoms with Gasteiger partial charge in [-0.25, -0.2) is 0 Å². The van der Waals surface area contributed by atoms with Crippen molar-refractivity contribution < 1.29 is 4.43 Å². The molecular weight excluding hydrogens is 248 g/mol. The van der Waals surface area contributed by atoms with E-state index in [1.165, 1.54) is 23.8 Å². The second-order valence-electron chi connectivity index (χ2n) is 5.37. The van der Waals surface area contributed by atoms with Crippen molar-refractivity contribution in [3.05, 3.63) is 60.2 Å². The topological polar surface area (TPSA) is 9.23 Å². The van der Waals surface area contributed by atoms with Crippen LogP contribution in [0.25, 0.3) is 11.1 Å². The third-order valence-corrected chi connectivity index (χ3v) is 2.82. The van der Waals surface area contributed by atoms with Crippen molar-refractivity contribution in [3.8, 4) is 11.1 Å². The van der Waals surface area contributed by atoms with Gasteiger partial charge in [0.05, 0.1) is 0 Å². The molecule has 3 radical (unpaired) electrons. The summed E-state index contributed by atoms with van der Waals surface area (Å²) < 4.78 is 4.06. The van der Waals surface area contributed by atoms with Gasteiger partial charge in [-0.3, -0.25) is 0 Å². The Kier molecular flexibility index (Phi) is 5.99. The summed E-state index contributed by atoms with van der Waals surface area (Å²) in [6.45, 7) is 6.78. The monoisotopic (exact) mass is 269 g/mol. The molecular formula is C17H21OSi. The highest BCUT2D eigenvalue weighted by Gasteiger charge is 2.17. The van der Waals surface area contributed by atoms with Crippen molar-refractivity contribution in [1.82, 2.24) is 0 Å². The molecule has 2 heteroatoms. The Labute approximate surface area is 120 Å². The Hall–Kier alpha value is -1.38. The van der Waals surface area contributed by atoms with Gasteiger partial charge < -0.3 is 4.43 Å². The zero-order valence-corrected chi connectivity index (χ0v) is 13.1. The zero-order chi connectivity index (χ0) is 14.3. The van der Waals surface area contributed by atoms with Crippen LogP contribution in [0.2, 0.25) is 0 Å². The summed E-state index contributed by atoms with van der Waals surface area (Å²) in [6.07, 6.45) is 0. The van der Waals surface area contributed by atoms with Gasteiger partial charge in [-0.1, -0.05) is 75.4 Å². The molecule has 0 aliphatic heterocycles. The highest BCUT2D eigenvalue weighted by molar-refractivity contribution is 5.97. The van der Waals surface area contributed by atoms with Crippen molar-refractivity contribution in [1.29, 1.82) is 0 Å². The van der Waals surface area contributed by atoms with Crippen LogP contribution < -0.4 is 0 Å². The quantitative estimate of drug-likeness (QED) is 0.699. The molecule has 2 rings (SSSR count). The van der Waals surface area contributed by atoms with Crippen LogP contribution >= 0.6 is 0 Å². The second kappa shape index (κ2) is 7.27. The average Bonchev–Trinajstić information content (AvgIpc) is 2.40. The van der Waals surface area contributed by atoms with E-state index in [0.29, 0.717) is 0 Å². The molecule has 0 bridgehead atoms. The summed E-state index contributed by atoms with van der Waals surface area (Å²) >= 11 is 0. The Balaban J connectivity index is 0.000000550. The third kappa shape index (κ3) is 4.65. The first-order valence-corrected chi connectivity index (χ1v) is 6.76. The van der Waals surface area contributed by atoms with Crippen molar-refractivity contribution >= 4 is 10.5 Å². The summed E-state index contributed by atoms with van der Waals surface area (Å²) in [5.74, 6) is 0. The Bertz CT molecular complexity index is 486. The van der Waals surface area contributed by atoms with E-state index in [1.807, 2.05) is 0 Å². The van der Waals surface area contributed by atoms with E-state index in [1.54, 1.807) is 0 Å². The number of benzene rings is 2. The fraction of sp³-hybridized carbons (Fsp3) is 0.294. The van der Waals surface area contributed by atoms with E-state index >= 15 is 0 Å². The van der Waals surface area contributed by atoms with E-state index in [-0.39, 0.29) is 5.41 Å². The Morgan fingerprint density at radius 1 is 0.842 bits per heavy atom. The normalized spacial score (nSPS) is 10.6. The van der Waals surface area contributed by atoms with E-state index in [9.17, 15) is 0 Å². The largest absolute Gasteiger partial charge is 0.422 e. The lowest BCUT2D eigenvalue weighted by atomic mass is 9.82. The fourth-order valence-electron chi connectivity index (χ4n) is 2.01. The maximum absolute atomic E-state index is 4.06. The van der Waals surface area contributed by atoms with Crippen LogP contribution in [-0.2, 0) is 9.84 Å². The molecule has 99 valence electrons. The van der Waals surface area contributed by atoms with Crippen LogP contribution in [0.15, 0.2) is 54.6 Å². The summed E-state index contributed by atoms with van der Waals surface area (Å²) in [4.78, 5) is 0. The summed E-state index contributed by atoms with van der Waals surface area (Å²) in [5, 5.41) is 0. The molecule has 0 fully saturated rings. The van der Waals surface area contributed by atoms with Crippen LogP contribution in [0.5, 0.6) is 0 Å². The lowest BCUT2D eigenvalue weighted by molar-refractivity contribution is 0.460. The highest BCUT2D eigenvalue weighted by Crippen LogP contribution is 2.32. The van der Waals surface area contributed by atoms with E-state index in [2.05, 4.69) is 90.3 Å². The van der Waals surface area contributed by atoms with Crippen molar-refractivity contribution in [2.24, 2.45) is 0 Å². The second-order valence-corrected chi connectivity index (χ2v) is 5.77. The highest BCUT2D eigenvalue weighted by atomic mass is 28.2. The van der Waals surface area contributed by atoms with E-state index < -0.39 is 0 Å². The van der Waals surface area contributed by atoms with Crippen LogP contribution in [0.3, 0.4) is 0 Å². The molecule has 0 aliphatic carbocycles. The fourth-order valence-corrected chi connectivity index (χ4v) is 2.01. The van der Waals surface area contributed by atoms with Crippen molar-refractivity contribution in [2.45, 2.75) is 26.2 Å². The molecule has 0 aromatic heterocycles. The van der Waals surface area contributed by atoms with E-state index in [4.69, 9.17) is 0 Å². The summed E-state index contributed by atoms with van der Waals surface area (Å²) in [7, 11) is 4.22. The van der Waals surface area contributed by atoms with Gasteiger partial charge in [0.25, 0.3) is 0 Å². The molecule has 0 atom stereocenters. The molecule has 0 amide bonds. The third-order valence-electron chi connectivity index (χ3n) is 2.82. The molecule has 0 spiro atoms. The SMILES string of the molecule is CC(C)(C)c1ccccc1-c1ccccc1.CO[Si].